The molecule has 2 aliphatic rings. The maximum absolute atomic E-state index is 4.77. The molecule has 2 heterocycles. The van der Waals surface area contributed by atoms with Crippen molar-refractivity contribution in [2.24, 2.45) is 0 Å². The van der Waals surface area contributed by atoms with E-state index in [0.29, 0.717) is 5.25 Å². The molecular formula is C27H31N3S. The first-order valence-electron chi connectivity index (χ1n) is 11.7. The summed E-state index contributed by atoms with van der Waals surface area (Å²) in [5.41, 5.74) is 6.83. The predicted molar refractivity (Wildman–Crippen MR) is 131 cm³/mol. The molecule has 160 valence electrons. The summed E-state index contributed by atoms with van der Waals surface area (Å²) < 4.78 is 0. The quantitative estimate of drug-likeness (QED) is 0.321. The maximum atomic E-state index is 4.77. The minimum absolute atomic E-state index is 0.598. The van der Waals surface area contributed by atoms with Gasteiger partial charge in [-0.1, -0.05) is 62.4 Å². The van der Waals surface area contributed by atoms with Gasteiger partial charge in [0, 0.05) is 23.8 Å². The van der Waals surface area contributed by atoms with Gasteiger partial charge in [-0.2, -0.15) is 0 Å². The van der Waals surface area contributed by atoms with Gasteiger partial charge >= 0.3 is 0 Å². The van der Waals surface area contributed by atoms with E-state index in [4.69, 9.17) is 9.97 Å². The van der Waals surface area contributed by atoms with Crippen LogP contribution in [0.2, 0.25) is 0 Å². The van der Waals surface area contributed by atoms with Crippen molar-refractivity contribution in [3.63, 3.8) is 0 Å². The molecule has 1 saturated carbocycles. The Labute approximate surface area is 190 Å². The third kappa shape index (κ3) is 4.79. The normalized spacial score (nSPS) is 17.5. The summed E-state index contributed by atoms with van der Waals surface area (Å²) in [6.45, 7) is 5.34. The van der Waals surface area contributed by atoms with E-state index in [1.807, 2.05) is 11.8 Å². The molecule has 4 heteroatoms. The van der Waals surface area contributed by atoms with Crippen molar-refractivity contribution in [3.05, 3.63) is 71.0 Å². The van der Waals surface area contributed by atoms with Crippen molar-refractivity contribution in [2.45, 2.75) is 68.6 Å². The van der Waals surface area contributed by atoms with Crippen LogP contribution in [-0.4, -0.2) is 21.8 Å². The number of thioether (sulfide) groups is 1. The van der Waals surface area contributed by atoms with Crippen LogP contribution < -0.4 is 5.32 Å². The van der Waals surface area contributed by atoms with Gasteiger partial charge in [0.2, 0.25) is 0 Å². The number of nitrogens with one attached hydrogen (secondary N) is 1. The lowest BCUT2D eigenvalue weighted by atomic mass is 10.00. The summed E-state index contributed by atoms with van der Waals surface area (Å²) >= 11 is 1.88. The van der Waals surface area contributed by atoms with Crippen LogP contribution in [0.3, 0.4) is 0 Å². The fraction of sp³-hybridized carbons (Fsp3) is 0.407. The fourth-order valence-electron chi connectivity index (χ4n) is 4.34. The van der Waals surface area contributed by atoms with Crippen LogP contribution in [0, 0.1) is 0 Å². The summed E-state index contributed by atoms with van der Waals surface area (Å²) in [7, 11) is 0. The Hall–Kier alpha value is -2.33. The molecule has 5 rings (SSSR count). The third-order valence-electron chi connectivity index (χ3n) is 6.32. The van der Waals surface area contributed by atoms with Gasteiger partial charge in [0.05, 0.1) is 0 Å². The molecule has 0 bridgehead atoms. The van der Waals surface area contributed by atoms with Gasteiger partial charge in [-0.25, -0.2) is 9.97 Å². The van der Waals surface area contributed by atoms with Crippen LogP contribution in [0.1, 0.15) is 61.5 Å². The van der Waals surface area contributed by atoms with Gasteiger partial charge in [0.15, 0.2) is 0 Å². The lowest BCUT2D eigenvalue weighted by Crippen LogP contribution is -2.10. The zero-order valence-electron chi connectivity index (χ0n) is 18.5. The highest BCUT2D eigenvalue weighted by Crippen LogP contribution is 2.40. The SMILES string of the molecule is CCc1nc(NCCCc2ccc(-c3ccc(C4CC4)cc3)cc2)c2c(n1)SC(C)C2. The first-order valence-corrected chi connectivity index (χ1v) is 12.6. The minimum atomic E-state index is 0.598. The second-order valence-electron chi connectivity index (χ2n) is 8.88. The van der Waals surface area contributed by atoms with Crippen LogP contribution in [0.25, 0.3) is 11.1 Å². The summed E-state index contributed by atoms with van der Waals surface area (Å²) in [6, 6.07) is 18.2. The largest absolute Gasteiger partial charge is 0.370 e. The monoisotopic (exact) mass is 429 g/mol. The Balaban J connectivity index is 1.16. The standard InChI is InChI=1S/C27H31N3S/c1-3-25-29-26(24-17-18(2)31-27(24)30-25)28-16-4-5-19-6-8-20(9-7-19)21-10-12-22(13-11-21)23-14-15-23/h6-13,18,23H,3-5,14-17H2,1-2H3,(H,28,29,30). The Morgan fingerprint density at radius 2 is 1.68 bits per heavy atom. The molecule has 0 saturated heterocycles. The predicted octanol–water partition coefficient (Wildman–Crippen LogP) is 6.66. The molecule has 31 heavy (non-hydrogen) atoms. The molecule has 0 radical (unpaired) electrons. The number of hydrogen-bond donors (Lipinski definition) is 1. The Morgan fingerprint density at radius 3 is 2.35 bits per heavy atom. The van der Waals surface area contributed by atoms with E-state index >= 15 is 0 Å². The van der Waals surface area contributed by atoms with Gasteiger partial charge in [0.25, 0.3) is 0 Å². The van der Waals surface area contributed by atoms with Crippen LogP contribution in [0.4, 0.5) is 5.82 Å². The molecule has 1 aliphatic carbocycles. The molecule has 1 fully saturated rings. The van der Waals surface area contributed by atoms with E-state index in [2.05, 4.69) is 67.7 Å². The van der Waals surface area contributed by atoms with Crippen molar-refractivity contribution in [2.75, 3.05) is 11.9 Å². The molecule has 1 unspecified atom stereocenters. The van der Waals surface area contributed by atoms with Gasteiger partial charge in [0.1, 0.15) is 16.7 Å². The highest BCUT2D eigenvalue weighted by molar-refractivity contribution is 8.00. The van der Waals surface area contributed by atoms with Crippen LogP contribution in [0.15, 0.2) is 53.6 Å². The van der Waals surface area contributed by atoms with E-state index in [1.165, 1.54) is 45.7 Å². The van der Waals surface area contributed by atoms with Crippen molar-refractivity contribution < 1.29 is 0 Å². The summed E-state index contributed by atoms with van der Waals surface area (Å²) in [6.07, 6.45) is 6.84. The zero-order valence-corrected chi connectivity index (χ0v) is 19.3. The highest BCUT2D eigenvalue weighted by Gasteiger charge is 2.25. The molecule has 0 spiro atoms. The Bertz CT molecular complexity index is 1040. The number of anilines is 1. The lowest BCUT2D eigenvalue weighted by Gasteiger charge is -2.11. The molecule has 1 N–H and O–H groups in total. The average molecular weight is 430 g/mol. The third-order valence-corrected chi connectivity index (χ3v) is 7.45. The molecular weight excluding hydrogens is 398 g/mol. The van der Waals surface area contributed by atoms with Gasteiger partial charge in [-0.05, 0) is 60.3 Å². The second-order valence-corrected chi connectivity index (χ2v) is 10.3. The molecule has 3 nitrogen and oxygen atoms in total. The number of nitrogens with zero attached hydrogens (tertiary/aromatic N) is 2. The summed E-state index contributed by atoms with van der Waals surface area (Å²) in [5, 5.41) is 5.38. The highest BCUT2D eigenvalue weighted by atomic mass is 32.2. The zero-order chi connectivity index (χ0) is 21.2. The fourth-order valence-corrected chi connectivity index (χ4v) is 5.45. The smallest absolute Gasteiger partial charge is 0.134 e. The molecule has 1 atom stereocenters. The average Bonchev–Trinajstić information content (AvgIpc) is 3.58. The number of benzene rings is 2. The topological polar surface area (TPSA) is 37.8 Å². The van der Waals surface area contributed by atoms with Gasteiger partial charge in [-0.15, -0.1) is 11.8 Å². The first kappa shape index (κ1) is 20.6. The Morgan fingerprint density at radius 1 is 0.968 bits per heavy atom. The van der Waals surface area contributed by atoms with Crippen molar-refractivity contribution in [1.29, 1.82) is 0 Å². The van der Waals surface area contributed by atoms with E-state index < -0.39 is 0 Å². The van der Waals surface area contributed by atoms with Gasteiger partial charge < -0.3 is 5.32 Å². The van der Waals surface area contributed by atoms with Crippen LogP contribution in [0.5, 0.6) is 0 Å². The van der Waals surface area contributed by atoms with E-state index in [0.717, 1.165) is 49.8 Å². The molecule has 0 amide bonds. The van der Waals surface area contributed by atoms with Crippen molar-refractivity contribution >= 4 is 17.6 Å². The van der Waals surface area contributed by atoms with Gasteiger partial charge in [-0.3, -0.25) is 0 Å². The number of fused-ring (bicyclic) bond motifs is 1. The van der Waals surface area contributed by atoms with E-state index in [-0.39, 0.29) is 0 Å². The van der Waals surface area contributed by atoms with E-state index in [1.54, 1.807) is 0 Å². The first-order chi connectivity index (χ1) is 15.2. The molecule has 3 aromatic rings. The van der Waals surface area contributed by atoms with Crippen molar-refractivity contribution in [1.82, 2.24) is 9.97 Å². The van der Waals surface area contributed by atoms with Crippen LogP contribution in [-0.2, 0) is 19.3 Å². The second kappa shape index (κ2) is 9.04. The number of aryl methyl sites for hydroxylation is 2. The maximum Gasteiger partial charge on any atom is 0.134 e. The van der Waals surface area contributed by atoms with E-state index in [9.17, 15) is 0 Å². The van der Waals surface area contributed by atoms with Crippen molar-refractivity contribution in [3.8, 4) is 11.1 Å². The summed E-state index contributed by atoms with van der Waals surface area (Å²) in [5.74, 6) is 2.83. The minimum Gasteiger partial charge on any atom is -0.370 e. The number of hydrogen-bond acceptors (Lipinski definition) is 4. The molecule has 1 aliphatic heterocycles. The summed E-state index contributed by atoms with van der Waals surface area (Å²) in [4.78, 5) is 9.49. The lowest BCUT2D eigenvalue weighted by molar-refractivity contribution is 0.824. The van der Waals surface area contributed by atoms with Crippen LogP contribution >= 0.6 is 11.8 Å². The number of aromatic nitrogens is 2. The molecule has 1 aromatic heterocycles. The molecule has 2 aromatic carbocycles. The Kier molecular flexibility index (Phi) is 5.99. The number of rotatable bonds is 8.